The van der Waals surface area contributed by atoms with Crippen LogP contribution in [-0.4, -0.2) is 18.4 Å². The van der Waals surface area contributed by atoms with Crippen LogP contribution < -0.4 is 16.4 Å². The highest BCUT2D eigenvalue weighted by Crippen LogP contribution is 2.25. The lowest BCUT2D eigenvalue weighted by Crippen LogP contribution is -2.26. The number of carbonyl (C=O) groups excluding carboxylic acids is 2. The molecule has 0 atom stereocenters. The number of benzene rings is 3. The number of anilines is 2. The van der Waals surface area contributed by atoms with Crippen molar-refractivity contribution in [1.82, 2.24) is 5.32 Å². The summed E-state index contributed by atoms with van der Waals surface area (Å²) >= 11 is 0. The molecular weight excluding hydrogens is 362 g/mol. The molecule has 3 aromatic carbocycles. The van der Waals surface area contributed by atoms with Crippen LogP contribution in [0.3, 0.4) is 0 Å². The quantitative estimate of drug-likeness (QED) is 0.570. The summed E-state index contributed by atoms with van der Waals surface area (Å²) in [6, 6.07) is 20.6. The molecule has 5 nitrogen and oxygen atoms in total. The molecule has 29 heavy (non-hydrogen) atoms. The van der Waals surface area contributed by atoms with Crippen molar-refractivity contribution in [1.29, 1.82) is 0 Å². The Morgan fingerprint density at radius 1 is 0.897 bits per heavy atom. The Morgan fingerprint density at radius 2 is 1.62 bits per heavy atom. The van der Waals surface area contributed by atoms with Crippen molar-refractivity contribution in [2.75, 3.05) is 11.9 Å². The highest BCUT2D eigenvalue weighted by atomic mass is 16.2. The summed E-state index contributed by atoms with van der Waals surface area (Å²) in [5.74, 6) is -0.605. The molecule has 0 spiro atoms. The molecule has 0 radical (unpaired) electrons. The van der Waals surface area contributed by atoms with Gasteiger partial charge in [0.2, 0.25) is 5.91 Å². The third-order valence-corrected chi connectivity index (χ3v) is 4.96. The molecule has 0 bridgehead atoms. The number of hydrogen-bond acceptors (Lipinski definition) is 3. The van der Waals surface area contributed by atoms with E-state index >= 15 is 0 Å². The van der Waals surface area contributed by atoms with Gasteiger partial charge in [0, 0.05) is 17.8 Å². The Bertz CT molecular complexity index is 1040. The number of nitrogens with one attached hydrogen (secondary N) is 2. The molecule has 0 fully saturated rings. The molecule has 5 heteroatoms. The number of nitrogens with two attached hydrogens (primary N) is 1. The molecule has 148 valence electrons. The van der Waals surface area contributed by atoms with Crippen LogP contribution in [0.1, 0.15) is 37.4 Å². The highest BCUT2D eigenvalue weighted by Gasteiger charge is 2.12. The number of primary amides is 1. The number of amides is 2. The van der Waals surface area contributed by atoms with Crippen molar-refractivity contribution in [3.05, 3.63) is 94.5 Å². The van der Waals surface area contributed by atoms with Crippen molar-refractivity contribution in [3.8, 4) is 0 Å². The highest BCUT2D eigenvalue weighted by molar-refractivity contribution is 6.00. The molecule has 3 rings (SSSR count). The van der Waals surface area contributed by atoms with Gasteiger partial charge in [-0.3, -0.25) is 9.59 Å². The first kappa shape index (κ1) is 20.1. The second-order valence-corrected chi connectivity index (χ2v) is 6.99. The minimum Gasteiger partial charge on any atom is -0.366 e. The summed E-state index contributed by atoms with van der Waals surface area (Å²) in [5, 5.41) is 6.33. The first-order chi connectivity index (χ1) is 14.0. The summed E-state index contributed by atoms with van der Waals surface area (Å²) in [4.78, 5) is 24.0. The smallest absolute Gasteiger partial charge is 0.253 e. The Morgan fingerprint density at radius 3 is 2.41 bits per heavy atom. The van der Waals surface area contributed by atoms with Gasteiger partial charge in [-0.15, -0.1) is 0 Å². The van der Waals surface area contributed by atoms with Crippen LogP contribution in [0.15, 0.2) is 66.7 Å². The second kappa shape index (κ2) is 9.06. The van der Waals surface area contributed by atoms with E-state index in [4.69, 9.17) is 5.73 Å². The summed E-state index contributed by atoms with van der Waals surface area (Å²) in [6.07, 6.45) is 0.611. The third kappa shape index (κ3) is 5.02. The maximum Gasteiger partial charge on any atom is 0.253 e. The minimum atomic E-state index is -0.456. The zero-order valence-corrected chi connectivity index (χ0v) is 16.7. The van der Waals surface area contributed by atoms with E-state index in [9.17, 15) is 9.59 Å². The summed E-state index contributed by atoms with van der Waals surface area (Å²) < 4.78 is 0. The third-order valence-electron chi connectivity index (χ3n) is 4.96. The van der Waals surface area contributed by atoms with E-state index in [-0.39, 0.29) is 5.91 Å². The average molecular weight is 387 g/mol. The fourth-order valence-corrected chi connectivity index (χ4v) is 3.12. The summed E-state index contributed by atoms with van der Waals surface area (Å²) in [6.45, 7) is 4.58. The van der Waals surface area contributed by atoms with E-state index < -0.39 is 5.91 Å². The lowest BCUT2D eigenvalue weighted by atomic mass is 10.1. The van der Waals surface area contributed by atoms with E-state index in [2.05, 4.69) is 30.5 Å². The van der Waals surface area contributed by atoms with Crippen LogP contribution in [0.5, 0.6) is 0 Å². The fraction of sp³-hybridized carbons (Fsp3) is 0.167. The monoisotopic (exact) mass is 387 g/mol. The summed E-state index contributed by atoms with van der Waals surface area (Å²) in [7, 11) is 0. The van der Waals surface area contributed by atoms with Crippen LogP contribution >= 0.6 is 0 Å². The van der Waals surface area contributed by atoms with Crippen LogP contribution in [0.2, 0.25) is 0 Å². The molecular formula is C24H25N3O2. The largest absolute Gasteiger partial charge is 0.366 e. The number of rotatable bonds is 7. The van der Waals surface area contributed by atoms with E-state index in [0.717, 1.165) is 22.5 Å². The molecule has 0 aliphatic carbocycles. The first-order valence-electron chi connectivity index (χ1n) is 9.55. The topological polar surface area (TPSA) is 84.2 Å². The van der Waals surface area contributed by atoms with E-state index in [1.807, 2.05) is 36.4 Å². The Balaban J connectivity index is 1.68. The van der Waals surface area contributed by atoms with Crippen molar-refractivity contribution in [3.63, 3.8) is 0 Å². The minimum absolute atomic E-state index is 0.149. The number of carbonyl (C=O) groups is 2. The van der Waals surface area contributed by atoms with Crippen LogP contribution in [-0.2, 0) is 6.42 Å². The average Bonchev–Trinajstić information content (AvgIpc) is 2.72. The second-order valence-electron chi connectivity index (χ2n) is 6.99. The van der Waals surface area contributed by atoms with Gasteiger partial charge in [0.05, 0.1) is 11.3 Å². The number of para-hydroxylation sites is 1. The van der Waals surface area contributed by atoms with Gasteiger partial charge in [-0.2, -0.15) is 0 Å². The van der Waals surface area contributed by atoms with Crippen molar-refractivity contribution in [2.45, 2.75) is 20.3 Å². The first-order valence-corrected chi connectivity index (χ1v) is 9.55. The Hall–Kier alpha value is -3.60. The molecule has 0 unspecified atom stereocenters. The molecule has 3 aromatic rings. The lowest BCUT2D eigenvalue weighted by Gasteiger charge is -2.15. The molecule has 2 amide bonds. The van der Waals surface area contributed by atoms with Crippen LogP contribution in [0.25, 0.3) is 0 Å². The van der Waals surface area contributed by atoms with Gasteiger partial charge in [0.15, 0.2) is 0 Å². The van der Waals surface area contributed by atoms with Gasteiger partial charge in [0.25, 0.3) is 5.91 Å². The van der Waals surface area contributed by atoms with Gasteiger partial charge in [-0.25, -0.2) is 0 Å². The maximum absolute atomic E-state index is 12.7. The fourth-order valence-electron chi connectivity index (χ4n) is 3.12. The number of aryl methyl sites for hydroxylation is 1. The van der Waals surface area contributed by atoms with Gasteiger partial charge in [-0.05, 0) is 67.3 Å². The molecule has 0 aromatic heterocycles. The van der Waals surface area contributed by atoms with Gasteiger partial charge < -0.3 is 16.4 Å². The summed E-state index contributed by atoms with van der Waals surface area (Å²) in [5.41, 5.74) is 11.4. The predicted molar refractivity (Wildman–Crippen MR) is 117 cm³/mol. The Kier molecular flexibility index (Phi) is 6.29. The SMILES string of the molecule is Cc1cccc(Nc2ccccc2C(=O)NCCc2cccc(C(N)=O)c2)c1C. The maximum atomic E-state index is 12.7. The lowest BCUT2D eigenvalue weighted by molar-refractivity contribution is 0.0953. The van der Waals surface area contributed by atoms with Gasteiger partial charge in [0.1, 0.15) is 0 Å². The predicted octanol–water partition coefficient (Wildman–Crippen LogP) is 4.12. The van der Waals surface area contributed by atoms with Gasteiger partial charge >= 0.3 is 0 Å². The molecule has 0 aliphatic rings. The number of hydrogen-bond donors (Lipinski definition) is 3. The molecule has 0 heterocycles. The van der Waals surface area contributed by atoms with Crippen molar-refractivity contribution in [2.24, 2.45) is 5.73 Å². The van der Waals surface area contributed by atoms with Crippen LogP contribution in [0.4, 0.5) is 11.4 Å². The van der Waals surface area contributed by atoms with Crippen LogP contribution in [0, 0.1) is 13.8 Å². The Labute approximate surface area is 170 Å². The normalized spacial score (nSPS) is 10.4. The van der Waals surface area contributed by atoms with E-state index in [1.54, 1.807) is 24.3 Å². The van der Waals surface area contributed by atoms with E-state index in [0.29, 0.717) is 24.1 Å². The zero-order chi connectivity index (χ0) is 20.8. The van der Waals surface area contributed by atoms with E-state index in [1.165, 1.54) is 5.56 Å². The molecule has 0 aliphatic heterocycles. The standard InChI is InChI=1S/C24H25N3O2/c1-16-7-5-12-21(17(16)2)27-22-11-4-3-10-20(22)24(29)26-14-13-18-8-6-9-19(15-18)23(25)28/h3-12,15,27H,13-14H2,1-2H3,(H2,25,28)(H,26,29). The van der Waals surface area contributed by atoms with Crippen molar-refractivity contribution >= 4 is 23.2 Å². The zero-order valence-electron chi connectivity index (χ0n) is 16.7. The van der Waals surface area contributed by atoms with Gasteiger partial charge in [-0.1, -0.05) is 36.4 Å². The molecule has 0 saturated carbocycles. The molecule has 0 saturated heterocycles. The molecule has 4 N–H and O–H groups in total. The van der Waals surface area contributed by atoms with Crippen molar-refractivity contribution < 1.29 is 9.59 Å².